The first-order valence-corrected chi connectivity index (χ1v) is 10.8. The van der Waals surface area contributed by atoms with Crippen molar-refractivity contribution < 1.29 is 26.3 Å². The summed E-state index contributed by atoms with van der Waals surface area (Å²) >= 11 is 0.736. The van der Waals surface area contributed by atoms with Gasteiger partial charge in [-0.3, -0.25) is 9.36 Å². The number of allylic oxidation sites excluding steroid dienone is 1. The Morgan fingerprint density at radius 1 is 0.917 bits per heavy atom. The van der Waals surface area contributed by atoms with Crippen LogP contribution in [0.5, 0.6) is 0 Å². The number of aromatic nitrogens is 1. The molecule has 1 aromatic heterocycles. The van der Waals surface area contributed by atoms with E-state index in [4.69, 9.17) is 5.73 Å². The fourth-order valence-electron chi connectivity index (χ4n) is 3.84. The highest BCUT2D eigenvalue weighted by Gasteiger charge is 2.35. The monoisotopic (exact) mass is 518 g/mol. The zero-order valence-electron chi connectivity index (χ0n) is 17.8. The quantitative estimate of drug-likeness (QED) is 0.521. The van der Waals surface area contributed by atoms with Gasteiger partial charge < -0.3 is 5.73 Å². The number of hydrogen-bond acceptors (Lipinski definition) is 5. The highest BCUT2D eigenvalue weighted by atomic mass is 32.1. The fraction of sp³-hybridized carbons (Fsp3) is 0.125. The Balaban J connectivity index is 2.00. The molecule has 2 N–H and O–H groups in total. The molecule has 36 heavy (non-hydrogen) atoms. The molecule has 3 aromatic rings. The van der Waals surface area contributed by atoms with Crippen molar-refractivity contribution in [3.63, 3.8) is 0 Å². The second-order valence-electron chi connectivity index (χ2n) is 7.67. The maximum Gasteiger partial charge on any atom is 0.416 e. The summed E-state index contributed by atoms with van der Waals surface area (Å²) in [6, 6.07) is 11.9. The molecule has 1 atom stereocenters. The second-order valence-corrected chi connectivity index (χ2v) is 8.70. The van der Waals surface area contributed by atoms with Crippen LogP contribution in [0, 0.1) is 22.7 Å². The Hall–Kier alpha value is -4.29. The van der Waals surface area contributed by atoms with Crippen molar-refractivity contribution in [3.8, 4) is 12.1 Å². The lowest BCUT2D eigenvalue weighted by Crippen LogP contribution is -2.38. The number of alkyl halides is 6. The number of rotatable bonds is 2. The van der Waals surface area contributed by atoms with E-state index in [9.17, 15) is 41.7 Å². The van der Waals surface area contributed by atoms with Gasteiger partial charge in [-0.1, -0.05) is 30.3 Å². The minimum atomic E-state index is -4.68. The molecule has 0 saturated heterocycles. The molecule has 0 bridgehead atoms. The number of nitrogens with two attached hydrogens (primary N) is 1. The highest BCUT2D eigenvalue weighted by Crippen LogP contribution is 2.38. The van der Waals surface area contributed by atoms with Crippen LogP contribution in [0.15, 0.2) is 58.9 Å². The molecule has 0 fully saturated rings. The molecule has 2 heterocycles. The van der Waals surface area contributed by atoms with Crippen molar-refractivity contribution in [2.75, 3.05) is 0 Å². The lowest BCUT2D eigenvalue weighted by Gasteiger charge is -2.23. The number of hydrogen-bond donors (Lipinski definition) is 1. The summed E-state index contributed by atoms with van der Waals surface area (Å²) in [5.41, 5.74) is 2.89. The third-order valence-corrected chi connectivity index (χ3v) is 6.56. The molecule has 2 aromatic carbocycles. The van der Waals surface area contributed by atoms with Crippen molar-refractivity contribution in [1.82, 2.24) is 4.57 Å². The summed E-state index contributed by atoms with van der Waals surface area (Å²) in [6.45, 7) is 0. The molecule has 182 valence electrons. The third-order valence-electron chi connectivity index (χ3n) is 5.45. The zero-order valence-corrected chi connectivity index (χ0v) is 18.6. The van der Waals surface area contributed by atoms with Crippen molar-refractivity contribution in [2.24, 2.45) is 5.73 Å². The van der Waals surface area contributed by atoms with Crippen molar-refractivity contribution >= 4 is 28.8 Å². The molecular formula is C24H12F6N4OS. The first kappa shape index (κ1) is 24.8. The maximum atomic E-state index is 13.3. The standard InChI is InChI=1S/C24H12F6N4OS/c25-23(26,27)14-5-1-3-12(7-14)8-18-21(35)34-20(33)16(10-31)19(17(11-32)22(34)36-18)13-4-2-6-15(9-13)24(28,29)30/h1-9,19H,33H2/b18-8+. The summed E-state index contributed by atoms with van der Waals surface area (Å²) < 4.78 is 79.8. The van der Waals surface area contributed by atoms with E-state index in [1.54, 1.807) is 6.07 Å². The van der Waals surface area contributed by atoms with Gasteiger partial charge in [0.15, 0.2) is 0 Å². The van der Waals surface area contributed by atoms with Crippen molar-refractivity contribution in [2.45, 2.75) is 18.3 Å². The lowest BCUT2D eigenvalue weighted by molar-refractivity contribution is -0.138. The Bertz CT molecular complexity index is 1680. The van der Waals surface area contributed by atoms with Crippen LogP contribution in [0.25, 0.3) is 17.5 Å². The Labute approximate surface area is 202 Å². The molecule has 0 spiro atoms. The van der Waals surface area contributed by atoms with Crippen LogP contribution in [-0.4, -0.2) is 4.57 Å². The zero-order chi connectivity index (χ0) is 26.4. The maximum absolute atomic E-state index is 13.3. The average Bonchev–Trinajstić information content (AvgIpc) is 3.14. The van der Waals surface area contributed by atoms with Crippen LogP contribution < -0.4 is 20.5 Å². The molecule has 1 aliphatic rings. The lowest BCUT2D eigenvalue weighted by atomic mass is 9.84. The summed E-state index contributed by atoms with van der Waals surface area (Å²) in [6.07, 6.45) is -8.11. The number of halogens is 6. The molecule has 0 saturated carbocycles. The number of benzene rings is 2. The largest absolute Gasteiger partial charge is 0.416 e. The predicted octanol–water partition coefficient (Wildman–Crippen LogP) is 3.90. The first-order chi connectivity index (χ1) is 16.9. The van der Waals surface area contributed by atoms with Gasteiger partial charge in [-0.2, -0.15) is 36.9 Å². The molecule has 1 aliphatic heterocycles. The summed E-state index contributed by atoms with van der Waals surface area (Å²) in [4.78, 5) is 13.1. The molecule has 1 unspecified atom stereocenters. The topological polar surface area (TPSA) is 95.6 Å². The number of nitriles is 2. The van der Waals surface area contributed by atoms with E-state index in [0.717, 1.165) is 46.2 Å². The van der Waals surface area contributed by atoms with E-state index in [-0.39, 0.29) is 37.3 Å². The Morgan fingerprint density at radius 2 is 1.50 bits per heavy atom. The van der Waals surface area contributed by atoms with Crippen LogP contribution in [0.4, 0.5) is 26.3 Å². The van der Waals surface area contributed by atoms with Crippen LogP contribution in [0.2, 0.25) is 0 Å². The van der Waals surface area contributed by atoms with Gasteiger partial charge in [-0.25, -0.2) is 0 Å². The number of fused-ring (bicyclic) bond motifs is 1. The Morgan fingerprint density at radius 3 is 2.08 bits per heavy atom. The van der Waals surface area contributed by atoms with Crippen LogP contribution in [-0.2, 0) is 12.4 Å². The van der Waals surface area contributed by atoms with E-state index in [1.165, 1.54) is 24.3 Å². The van der Waals surface area contributed by atoms with Crippen LogP contribution >= 0.6 is 11.3 Å². The molecule has 0 aliphatic carbocycles. The van der Waals surface area contributed by atoms with E-state index >= 15 is 0 Å². The third kappa shape index (κ3) is 4.27. The predicted molar refractivity (Wildman–Crippen MR) is 119 cm³/mol. The SMILES string of the molecule is N#CC1=C(N)n2c(s/c(=C/c3cccc(C(F)(F)F)c3)c2=O)=C(C#N)C1c1cccc(C(F)(F)F)c1. The van der Waals surface area contributed by atoms with E-state index in [1.807, 2.05) is 6.07 Å². The second kappa shape index (κ2) is 8.73. The van der Waals surface area contributed by atoms with Gasteiger partial charge in [0.05, 0.1) is 44.9 Å². The molecule has 12 heteroatoms. The van der Waals surface area contributed by atoms with Gasteiger partial charge in [0, 0.05) is 0 Å². The fourth-order valence-corrected chi connectivity index (χ4v) is 4.96. The molecule has 0 amide bonds. The summed E-state index contributed by atoms with van der Waals surface area (Å²) in [5, 5.41) is 19.6. The van der Waals surface area contributed by atoms with Crippen LogP contribution in [0.3, 0.4) is 0 Å². The number of thiazole rings is 1. The van der Waals surface area contributed by atoms with Gasteiger partial charge in [0.2, 0.25) is 0 Å². The summed E-state index contributed by atoms with van der Waals surface area (Å²) in [5.74, 6) is -1.65. The van der Waals surface area contributed by atoms with Gasteiger partial charge in [0.1, 0.15) is 10.5 Å². The van der Waals surface area contributed by atoms with E-state index < -0.39 is 35.0 Å². The smallest absolute Gasteiger partial charge is 0.384 e. The van der Waals surface area contributed by atoms with E-state index in [2.05, 4.69) is 0 Å². The normalized spacial score (nSPS) is 16.5. The number of nitrogens with zero attached hydrogens (tertiary/aromatic N) is 3. The van der Waals surface area contributed by atoms with Crippen molar-refractivity contribution in [3.05, 3.63) is 95.9 Å². The van der Waals surface area contributed by atoms with Gasteiger partial charge in [-0.15, -0.1) is 11.3 Å². The highest BCUT2D eigenvalue weighted by molar-refractivity contribution is 7.07. The van der Waals surface area contributed by atoms with Gasteiger partial charge >= 0.3 is 12.4 Å². The summed E-state index contributed by atoms with van der Waals surface area (Å²) in [7, 11) is 0. The van der Waals surface area contributed by atoms with Crippen LogP contribution in [0.1, 0.15) is 28.2 Å². The van der Waals surface area contributed by atoms with Crippen molar-refractivity contribution in [1.29, 1.82) is 10.5 Å². The first-order valence-electron chi connectivity index (χ1n) is 9.99. The molecular weight excluding hydrogens is 506 g/mol. The molecule has 5 nitrogen and oxygen atoms in total. The minimum absolute atomic E-state index is 0.0281. The van der Waals surface area contributed by atoms with E-state index in [0.29, 0.717) is 0 Å². The average molecular weight is 518 g/mol. The van der Waals surface area contributed by atoms with Gasteiger partial charge in [0.25, 0.3) is 5.56 Å². The molecule has 0 radical (unpaired) electrons. The Kier molecular flexibility index (Phi) is 6.02. The minimum Gasteiger partial charge on any atom is -0.384 e. The van der Waals surface area contributed by atoms with Gasteiger partial charge in [-0.05, 0) is 35.4 Å². The molecule has 4 rings (SSSR count).